The maximum atomic E-state index is 12.7. The summed E-state index contributed by atoms with van der Waals surface area (Å²) in [4.78, 5) is 12.1. The van der Waals surface area contributed by atoms with Crippen LogP contribution in [0.25, 0.3) is 0 Å². The van der Waals surface area contributed by atoms with Gasteiger partial charge < -0.3 is 14.8 Å². The number of hydrogen-bond donors (Lipinski definition) is 2. The van der Waals surface area contributed by atoms with E-state index in [0.717, 1.165) is 0 Å². The van der Waals surface area contributed by atoms with E-state index in [4.69, 9.17) is 44.3 Å². The van der Waals surface area contributed by atoms with Crippen LogP contribution in [0.1, 0.15) is 6.92 Å². The van der Waals surface area contributed by atoms with Crippen molar-refractivity contribution in [3.8, 4) is 11.5 Å². The van der Waals surface area contributed by atoms with E-state index in [1.807, 2.05) is 6.92 Å². The standard InChI is InChI=1S/C22H19Cl3N2O5S/c1-2-31-15-8-6-14(7-9-15)27-33(29,30)16-10-11-20(19(25)12-16)32-13-21(28)26-22-17(23)4-3-5-18(22)24/h3-12,27H,2,13H2,1H3,(H,26,28). The van der Waals surface area contributed by atoms with Crippen molar-refractivity contribution < 1.29 is 22.7 Å². The van der Waals surface area contributed by atoms with Crippen LogP contribution in [0.2, 0.25) is 15.1 Å². The highest BCUT2D eigenvalue weighted by Crippen LogP contribution is 2.31. The molecule has 0 radical (unpaired) electrons. The Hall–Kier alpha value is -2.65. The number of halogens is 3. The van der Waals surface area contributed by atoms with Crippen LogP contribution in [0.15, 0.2) is 65.6 Å². The molecule has 7 nitrogen and oxygen atoms in total. The van der Waals surface area contributed by atoms with Gasteiger partial charge in [-0.25, -0.2) is 8.42 Å². The van der Waals surface area contributed by atoms with E-state index in [0.29, 0.717) is 18.0 Å². The van der Waals surface area contributed by atoms with Crippen LogP contribution in [0, 0.1) is 0 Å². The zero-order valence-corrected chi connectivity index (χ0v) is 20.4. The summed E-state index contributed by atoms with van der Waals surface area (Å²) in [5, 5.41) is 3.14. The predicted octanol–water partition coefficient (Wildman–Crippen LogP) is 5.86. The van der Waals surface area contributed by atoms with Gasteiger partial charge in [0.2, 0.25) is 0 Å². The topological polar surface area (TPSA) is 93.7 Å². The second kappa shape index (κ2) is 11.0. The lowest BCUT2D eigenvalue weighted by Crippen LogP contribution is -2.20. The Bertz CT molecular complexity index is 1230. The molecule has 0 aliphatic carbocycles. The number of hydrogen-bond acceptors (Lipinski definition) is 5. The minimum absolute atomic E-state index is 0.0214. The molecule has 0 aliphatic heterocycles. The Kier molecular flexibility index (Phi) is 8.31. The SMILES string of the molecule is CCOc1ccc(NS(=O)(=O)c2ccc(OCC(=O)Nc3c(Cl)cccc3Cl)c(Cl)c2)cc1. The maximum Gasteiger partial charge on any atom is 0.262 e. The predicted molar refractivity (Wildman–Crippen MR) is 130 cm³/mol. The molecular formula is C22H19Cl3N2O5S. The Balaban J connectivity index is 1.64. The molecule has 0 aromatic heterocycles. The normalized spacial score (nSPS) is 11.0. The number of carbonyl (C=O) groups excluding carboxylic acids is 1. The Labute approximate surface area is 206 Å². The number of carbonyl (C=O) groups is 1. The zero-order valence-electron chi connectivity index (χ0n) is 17.3. The summed E-state index contributed by atoms with van der Waals surface area (Å²) in [6, 6.07) is 15.2. The number of sulfonamides is 1. The van der Waals surface area contributed by atoms with Crippen molar-refractivity contribution in [1.82, 2.24) is 0 Å². The van der Waals surface area contributed by atoms with Crippen molar-refractivity contribution in [3.63, 3.8) is 0 Å². The van der Waals surface area contributed by atoms with E-state index in [1.54, 1.807) is 42.5 Å². The number of amides is 1. The summed E-state index contributed by atoms with van der Waals surface area (Å²) < 4.78 is 38.6. The minimum Gasteiger partial charge on any atom is -0.494 e. The average molecular weight is 530 g/mol. The van der Waals surface area contributed by atoms with Crippen molar-refractivity contribution in [2.45, 2.75) is 11.8 Å². The molecule has 0 bridgehead atoms. The molecule has 0 unspecified atom stereocenters. The van der Waals surface area contributed by atoms with Crippen molar-refractivity contribution in [2.24, 2.45) is 0 Å². The minimum atomic E-state index is -3.90. The molecule has 3 aromatic carbocycles. The van der Waals surface area contributed by atoms with Gasteiger partial charge in [-0.05, 0) is 61.5 Å². The summed E-state index contributed by atoms with van der Waals surface area (Å²) in [7, 11) is -3.90. The van der Waals surface area contributed by atoms with Crippen molar-refractivity contribution in [2.75, 3.05) is 23.3 Å². The van der Waals surface area contributed by atoms with Gasteiger partial charge in [0.1, 0.15) is 11.5 Å². The van der Waals surface area contributed by atoms with Crippen molar-refractivity contribution in [1.29, 1.82) is 0 Å². The lowest BCUT2D eigenvalue weighted by molar-refractivity contribution is -0.118. The number of rotatable bonds is 9. The van der Waals surface area contributed by atoms with E-state index in [-0.39, 0.29) is 31.4 Å². The Morgan fingerprint density at radius 2 is 1.58 bits per heavy atom. The van der Waals surface area contributed by atoms with Gasteiger partial charge in [0.05, 0.1) is 32.3 Å². The van der Waals surface area contributed by atoms with Crippen LogP contribution in [0.3, 0.4) is 0 Å². The summed E-state index contributed by atoms with van der Waals surface area (Å²) >= 11 is 18.2. The molecule has 174 valence electrons. The third-order valence-corrected chi connectivity index (χ3v) is 6.52. The zero-order chi connectivity index (χ0) is 24.0. The molecule has 3 rings (SSSR count). The largest absolute Gasteiger partial charge is 0.494 e. The van der Waals surface area contributed by atoms with Gasteiger partial charge in [0.25, 0.3) is 15.9 Å². The third kappa shape index (κ3) is 6.68. The van der Waals surface area contributed by atoms with Crippen LogP contribution in [0.5, 0.6) is 11.5 Å². The van der Waals surface area contributed by atoms with Crippen molar-refractivity contribution in [3.05, 3.63) is 75.7 Å². The summed E-state index contributed by atoms with van der Waals surface area (Å²) in [5.74, 6) is 0.248. The van der Waals surface area contributed by atoms with Gasteiger partial charge in [-0.15, -0.1) is 0 Å². The molecule has 0 atom stereocenters. The molecule has 0 saturated carbocycles. The highest BCUT2D eigenvalue weighted by molar-refractivity contribution is 7.92. The number of nitrogens with one attached hydrogen (secondary N) is 2. The molecule has 11 heteroatoms. The quantitative estimate of drug-likeness (QED) is 0.362. The van der Waals surface area contributed by atoms with Crippen molar-refractivity contribution >= 4 is 62.1 Å². The molecule has 0 saturated heterocycles. The fourth-order valence-electron chi connectivity index (χ4n) is 2.70. The van der Waals surface area contributed by atoms with E-state index < -0.39 is 22.5 Å². The average Bonchev–Trinajstić information content (AvgIpc) is 2.77. The highest BCUT2D eigenvalue weighted by Gasteiger charge is 2.17. The Morgan fingerprint density at radius 3 is 2.18 bits per heavy atom. The first-order valence-corrected chi connectivity index (χ1v) is 12.2. The first-order chi connectivity index (χ1) is 15.7. The molecule has 0 aliphatic rings. The smallest absolute Gasteiger partial charge is 0.262 e. The second-order valence-electron chi connectivity index (χ2n) is 6.59. The van der Waals surface area contributed by atoms with E-state index in [2.05, 4.69) is 10.0 Å². The van der Waals surface area contributed by atoms with E-state index in [9.17, 15) is 13.2 Å². The van der Waals surface area contributed by atoms with Crippen LogP contribution in [-0.2, 0) is 14.8 Å². The molecule has 1 amide bonds. The van der Waals surface area contributed by atoms with Crippen LogP contribution >= 0.6 is 34.8 Å². The fraction of sp³-hybridized carbons (Fsp3) is 0.136. The fourth-order valence-corrected chi connectivity index (χ4v) is 4.58. The number of anilines is 2. The first-order valence-electron chi connectivity index (χ1n) is 9.61. The molecule has 0 heterocycles. The lowest BCUT2D eigenvalue weighted by Gasteiger charge is -2.12. The second-order valence-corrected chi connectivity index (χ2v) is 9.49. The highest BCUT2D eigenvalue weighted by atomic mass is 35.5. The van der Waals surface area contributed by atoms with E-state index >= 15 is 0 Å². The van der Waals surface area contributed by atoms with Gasteiger partial charge in [-0.1, -0.05) is 40.9 Å². The molecule has 33 heavy (non-hydrogen) atoms. The molecular weight excluding hydrogens is 511 g/mol. The first kappa shape index (κ1) is 25.0. The van der Waals surface area contributed by atoms with Crippen LogP contribution in [0.4, 0.5) is 11.4 Å². The van der Waals surface area contributed by atoms with Crippen LogP contribution in [-0.4, -0.2) is 27.5 Å². The number of para-hydroxylation sites is 1. The van der Waals surface area contributed by atoms with Gasteiger partial charge in [0.15, 0.2) is 6.61 Å². The summed E-state index contributed by atoms with van der Waals surface area (Å²) in [6.45, 7) is 1.97. The van der Waals surface area contributed by atoms with E-state index in [1.165, 1.54) is 18.2 Å². The van der Waals surface area contributed by atoms with Gasteiger partial charge in [0, 0.05) is 5.69 Å². The summed E-state index contributed by atoms with van der Waals surface area (Å²) in [6.07, 6.45) is 0. The van der Waals surface area contributed by atoms with Gasteiger partial charge in [-0.2, -0.15) is 0 Å². The van der Waals surface area contributed by atoms with Crippen LogP contribution < -0.4 is 19.5 Å². The number of ether oxygens (including phenoxy) is 2. The lowest BCUT2D eigenvalue weighted by atomic mass is 10.3. The molecule has 3 aromatic rings. The molecule has 0 fully saturated rings. The maximum absolute atomic E-state index is 12.7. The monoisotopic (exact) mass is 528 g/mol. The third-order valence-electron chi connectivity index (χ3n) is 4.22. The molecule has 0 spiro atoms. The summed E-state index contributed by atoms with van der Waals surface area (Å²) in [5.41, 5.74) is 0.632. The van der Waals surface area contributed by atoms with Gasteiger partial charge in [-0.3, -0.25) is 9.52 Å². The van der Waals surface area contributed by atoms with Gasteiger partial charge >= 0.3 is 0 Å². The molecule has 2 N–H and O–H groups in total. The number of benzene rings is 3. The Morgan fingerprint density at radius 1 is 0.909 bits per heavy atom.